The van der Waals surface area contributed by atoms with Crippen molar-refractivity contribution in [2.45, 2.75) is 179 Å². The molecule has 0 aliphatic carbocycles. The fourth-order valence-electron chi connectivity index (χ4n) is 6.93. The molecule has 19 nitrogen and oxygen atoms in total. The Hall–Kier alpha value is -4.39. The fourth-order valence-corrected chi connectivity index (χ4v) is 9.04. The standard InChI is InChI=1S/C52H81N3O16P2/c1-3-5-7-9-11-13-15-17-18-19-20-22-24-26-28-30-32-36-47(57)66-40-44(69-48(58)37-33-35-43(56)34-31-29-27-25-23-21-16-14-12-10-8-6-4-2)41-67-72(62,63)71-73(64,65)68-42-45-49(59)50(60)51(70-45)55-39-38-46(53)54-52(55)61/h12,14,17-18,20-23,26-29,31,34,38-39,44-45,49-51,59-60H,3-11,13,15-16,19,24-25,30,32-33,35-37,40-42H2,1-2H3,(H,62,63)(H,64,65)(H2,53,54,61)/b14-12-,18-17-,22-20-,23-21-,28-26-,29-27-,34-31+/t44-,45-,49-,50-,51-/m1/s1. The number of aromatic nitrogens is 2. The zero-order valence-electron chi connectivity index (χ0n) is 42.6. The van der Waals surface area contributed by atoms with Gasteiger partial charge in [0.15, 0.2) is 18.1 Å². The second-order valence-corrected chi connectivity index (χ2v) is 20.4. The van der Waals surface area contributed by atoms with Crippen LogP contribution in [0.4, 0.5) is 5.82 Å². The number of anilines is 1. The van der Waals surface area contributed by atoms with Crippen molar-refractivity contribution >= 4 is 39.2 Å². The highest BCUT2D eigenvalue weighted by atomic mass is 31.3. The van der Waals surface area contributed by atoms with Crippen LogP contribution in [0.3, 0.4) is 0 Å². The second kappa shape index (κ2) is 39.1. The average Bonchev–Trinajstić information content (AvgIpc) is 3.62. The van der Waals surface area contributed by atoms with E-state index in [0.29, 0.717) is 19.3 Å². The molecule has 6 N–H and O–H groups in total. The topological polar surface area (TPSA) is 283 Å². The molecule has 0 radical (unpaired) electrons. The van der Waals surface area contributed by atoms with Crippen molar-refractivity contribution in [1.29, 1.82) is 0 Å². The number of nitrogen functional groups attached to an aromatic ring is 1. The van der Waals surface area contributed by atoms with E-state index in [1.165, 1.54) is 69.9 Å². The van der Waals surface area contributed by atoms with Crippen molar-refractivity contribution in [3.63, 3.8) is 0 Å². The molecule has 1 fully saturated rings. The molecule has 0 aromatic carbocycles. The molecule has 0 saturated carbocycles. The first-order chi connectivity index (χ1) is 35.1. The number of rotatable bonds is 41. The smallest absolute Gasteiger partial charge is 0.462 e. The van der Waals surface area contributed by atoms with E-state index in [2.05, 4.69) is 65.7 Å². The first-order valence-corrected chi connectivity index (χ1v) is 28.5. The average molecular weight is 1070 g/mol. The van der Waals surface area contributed by atoms with Crippen LogP contribution in [0.1, 0.15) is 155 Å². The number of phosphoric acid groups is 2. The lowest BCUT2D eigenvalue weighted by Gasteiger charge is -2.21. The Balaban J connectivity index is 1.88. The van der Waals surface area contributed by atoms with Crippen LogP contribution >= 0.6 is 15.6 Å². The molecule has 1 aromatic rings. The van der Waals surface area contributed by atoms with E-state index in [-0.39, 0.29) is 37.3 Å². The summed E-state index contributed by atoms with van der Waals surface area (Å²) >= 11 is 0. The number of unbranched alkanes of at least 4 members (excludes halogenated alkanes) is 10. The van der Waals surface area contributed by atoms with Crippen LogP contribution in [-0.4, -0.2) is 91.5 Å². The van der Waals surface area contributed by atoms with Gasteiger partial charge in [-0.1, -0.05) is 138 Å². The van der Waals surface area contributed by atoms with Crippen molar-refractivity contribution in [3.8, 4) is 0 Å². The number of carbonyl (C=O) groups excluding carboxylic acids is 3. The third-order valence-electron chi connectivity index (χ3n) is 10.9. The van der Waals surface area contributed by atoms with Gasteiger partial charge in [-0.25, -0.2) is 13.9 Å². The Kier molecular flexibility index (Phi) is 34.7. The van der Waals surface area contributed by atoms with Crippen LogP contribution in [0.15, 0.2) is 102 Å². The highest BCUT2D eigenvalue weighted by Crippen LogP contribution is 2.60. The van der Waals surface area contributed by atoms with Crippen molar-refractivity contribution in [2.24, 2.45) is 0 Å². The Morgan fingerprint density at radius 2 is 1.25 bits per heavy atom. The lowest BCUT2D eigenvalue weighted by molar-refractivity contribution is -0.161. The molecule has 7 atom stereocenters. The van der Waals surface area contributed by atoms with Gasteiger partial charge in [0.1, 0.15) is 30.7 Å². The maximum absolute atomic E-state index is 12.8. The van der Waals surface area contributed by atoms with Crippen LogP contribution in [-0.2, 0) is 51.1 Å². The molecule has 410 valence electrons. The molecule has 1 aliphatic heterocycles. The lowest BCUT2D eigenvalue weighted by Crippen LogP contribution is -2.36. The number of ketones is 1. The molecular formula is C52H81N3O16P2. The fraction of sp³-hybridized carbons (Fsp3) is 0.596. The van der Waals surface area contributed by atoms with Crippen LogP contribution in [0.25, 0.3) is 0 Å². The van der Waals surface area contributed by atoms with Gasteiger partial charge >= 0.3 is 33.3 Å². The summed E-state index contributed by atoms with van der Waals surface area (Å²) in [7, 11) is -11.0. The quantitative estimate of drug-likeness (QED) is 0.0102. The summed E-state index contributed by atoms with van der Waals surface area (Å²) in [6.07, 6.45) is 38.3. The van der Waals surface area contributed by atoms with E-state index in [4.69, 9.17) is 29.0 Å². The zero-order valence-corrected chi connectivity index (χ0v) is 44.4. The number of hydrogen-bond acceptors (Lipinski definition) is 16. The highest BCUT2D eigenvalue weighted by molar-refractivity contribution is 7.61. The Morgan fingerprint density at radius 1 is 0.699 bits per heavy atom. The molecule has 1 aliphatic rings. The monoisotopic (exact) mass is 1070 g/mol. The van der Waals surface area contributed by atoms with Crippen molar-refractivity contribution in [1.82, 2.24) is 9.55 Å². The van der Waals surface area contributed by atoms with Crippen molar-refractivity contribution in [3.05, 3.63) is 108 Å². The van der Waals surface area contributed by atoms with Gasteiger partial charge in [-0.15, -0.1) is 0 Å². The van der Waals surface area contributed by atoms with E-state index in [9.17, 15) is 48.3 Å². The number of aliphatic hydroxyl groups is 2. The summed E-state index contributed by atoms with van der Waals surface area (Å²) in [4.78, 5) is 74.2. The Morgan fingerprint density at radius 3 is 1.89 bits per heavy atom. The first kappa shape index (κ1) is 64.7. The van der Waals surface area contributed by atoms with Gasteiger partial charge in [-0.05, 0) is 82.8 Å². The maximum atomic E-state index is 12.8. The number of carbonyl (C=O) groups is 3. The van der Waals surface area contributed by atoms with Crippen LogP contribution in [0.5, 0.6) is 0 Å². The molecule has 2 unspecified atom stereocenters. The van der Waals surface area contributed by atoms with Gasteiger partial charge in [0.05, 0.1) is 13.2 Å². The van der Waals surface area contributed by atoms with Gasteiger partial charge < -0.3 is 39.9 Å². The lowest BCUT2D eigenvalue weighted by atomic mass is 10.1. The van der Waals surface area contributed by atoms with Crippen LogP contribution in [0, 0.1) is 0 Å². The normalized spacial score (nSPS) is 19.6. The summed E-state index contributed by atoms with van der Waals surface area (Å²) in [5, 5.41) is 20.9. The molecule has 21 heteroatoms. The number of esters is 2. The third-order valence-corrected chi connectivity index (χ3v) is 13.5. The van der Waals surface area contributed by atoms with E-state index in [0.717, 1.165) is 42.9 Å². The number of aliphatic hydroxyl groups excluding tert-OH is 2. The maximum Gasteiger partial charge on any atom is 0.481 e. The largest absolute Gasteiger partial charge is 0.481 e. The number of ether oxygens (including phenoxy) is 3. The van der Waals surface area contributed by atoms with Gasteiger partial charge in [-0.2, -0.15) is 9.29 Å². The number of hydrogen-bond donors (Lipinski definition) is 5. The van der Waals surface area contributed by atoms with Crippen molar-refractivity contribution < 1.29 is 71.1 Å². The van der Waals surface area contributed by atoms with Crippen LogP contribution < -0.4 is 11.4 Å². The van der Waals surface area contributed by atoms with E-state index in [1.807, 2.05) is 24.3 Å². The Bertz CT molecular complexity index is 2120. The predicted octanol–water partition coefficient (Wildman–Crippen LogP) is 9.84. The second-order valence-electron chi connectivity index (χ2n) is 17.3. The highest BCUT2D eigenvalue weighted by Gasteiger charge is 2.46. The van der Waals surface area contributed by atoms with Gasteiger partial charge in [-0.3, -0.25) is 28.0 Å². The minimum atomic E-state index is -5.50. The molecule has 2 heterocycles. The molecule has 1 aromatic heterocycles. The van der Waals surface area contributed by atoms with E-state index >= 15 is 0 Å². The zero-order chi connectivity index (χ0) is 53.6. The van der Waals surface area contributed by atoms with Gasteiger partial charge in [0.25, 0.3) is 0 Å². The third kappa shape index (κ3) is 31.8. The first-order valence-electron chi connectivity index (χ1n) is 25.6. The van der Waals surface area contributed by atoms with Crippen molar-refractivity contribution in [2.75, 3.05) is 25.6 Å². The van der Waals surface area contributed by atoms with Gasteiger partial charge in [0, 0.05) is 25.5 Å². The number of nitrogens with zero attached hydrogens (tertiary/aromatic N) is 2. The summed E-state index contributed by atoms with van der Waals surface area (Å²) in [5.41, 5.74) is 4.56. The SMILES string of the molecule is CCCCC/C=C\C/C=C\C/C=C\C=C\C(=O)CCCC(=O)O[C@H](COC(=O)CCC/C=C\C/C=C\C/C=C\CCCCCCCC)COP(=O)(O)OP(=O)(O)OC[C@H]1O[C@@H](n2ccc(N)nc2=O)[C@H](O)[C@@H]1O. The molecule has 0 spiro atoms. The van der Waals surface area contributed by atoms with E-state index < -0.39 is 83.7 Å². The molecule has 1 saturated heterocycles. The minimum absolute atomic E-state index is 0.000889. The van der Waals surface area contributed by atoms with E-state index in [1.54, 1.807) is 12.2 Å². The molecule has 2 rings (SSSR count). The molecule has 0 amide bonds. The Labute approximate surface area is 431 Å². The summed E-state index contributed by atoms with van der Waals surface area (Å²) in [6, 6.07) is 1.23. The molecule has 73 heavy (non-hydrogen) atoms. The predicted molar refractivity (Wildman–Crippen MR) is 280 cm³/mol. The summed E-state index contributed by atoms with van der Waals surface area (Å²) < 4.78 is 56.4. The van der Waals surface area contributed by atoms with Crippen LogP contribution in [0.2, 0.25) is 0 Å². The number of allylic oxidation sites excluding steroid dienone is 14. The van der Waals surface area contributed by atoms with Gasteiger partial charge in [0.2, 0.25) is 0 Å². The number of phosphoric ester groups is 2. The molecular weight excluding hydrogens is 985 g/mol. The summed E-state index contributed by atoms with van der Waals surface area (Å²) in [6.45, 7) is 1.83. The summed E-state index contributed by atoms with van der Waals surface area (Å²) in [5.74, 6) is -1.87. The molecule has 0 bridgehead atoms. The number of nitrogens with two attached hydrogens (primary N) is 1. The minimum Gasteiger partial charge on any atom is -0.462 e.